The molecule has 0 bridgehead atoms. The van der Waals surface area contributed by atoms with Crippen LogP contribution in [-0.2, 0) is 17.9 Å². The number of piperidine rings is 1. The van der Waals surface area contributed by atoms with Gasteiger partial charge in [0.15, 0.2) is 0 Å². The normalized spacial score (nSPS) is 16.3. The first-order chi connectivity index (χ1) is 16.2. The number of hydrogen-bond donors (Lipinski definition) is 2. The maximum atomic E-state index is 12.6. The van der Waals surface area contributed by atoms with E-state index in [9.17, 15) is 9.90 Å². The molecule has 1 aliphatic heterocycles. The fourth-order valence-corrected chi connectivity index (χ4v) is 5.07. The van der Waals surface area contributed by atoms with Crippen LogP contribution < -0.4 is 5.32 Å². The predicted molar refractivity (Wildman–Crippen MR) is 133 cm³/mol. The van der Waals surface area contributed by atoms with Crippen molar-refractivity contribution in [1.29, 1.82) is 0 Å². The number of aliphatic hydroxyl groups is 1. The molecule has 33 heavy (non-hydrogen) atoms. The monoisotopic (exact) mass is 441 g/mol. The van der Waals surface area contributed by atoms with Crippen LogP contribution in [0.4, 0.5) is 0 Å². The van der Waals surface area contributed by atoms with Gasteiger partial charge in [0.2, 0.25) is 5.91 Å². The van der Waals surface area contributed by atoms with Gasteiger partial charge in [0.25, 0.3) is 0 Å². The number of amides is 1. The van der Waals surface area contributed by atoms with E-state index in [-0.39, 0.29) is 11.8 Å². The number of rotatable bonds is 7. The van der Waals surface area contributed by atoms with Crippen molar-refractivity contribution >= 4 is 27.7 Å². The standard InChI is InChI=1S/C28H31N3O2/c32-23(20-31-26-12-6-4-10-24(26)25-11-5-7-13-27(25)31)19-30-16-14-22(15-17-30)28(33)29-18-21-8-2-1-3-9-21/h1-13,22-23,32H,14-20H2,(H,29,33). The van der Waals surface area contributed by atoms with Crippen LogP contribution in [0.25, 0.3) is 21.8 Å². The minimum atomic E-state index is -0.465. The molecule has 5 rings (SSSR count). The molecular formula is C28H31N3O2. The fraction of sp³-hybridized carbons (Fsp3) is 0.321. The molecule has 2 N–H and O–H groups in total. The highest BCUT2D eigenvalue weighted by molar-refractivity contribution is 6.07. The van der Waals surface area contributed by atoms with E-state index >= 15 is 0 Å². The van der Waals surface area contributed by atoms with Crippen molar-refractivity contribution in [2.24, 2.45) is 5.92 Å². The Morgan fingerprint density at radius 1 is 0.848 bits per heavy atom. The number of fused-ring (bicyclic) bond motifs is 3. The molecule has 5 heteroatoms. The highest BCUT2D eigenvalue weighted by Gasteiger charge is 2.26. The second-order valence-corrected chi connectivity index (χ2v) is 9.08. The number of benzene rings is 3. The molecular weight excluding hydrogens is 410 g/mol. The van der Waals surface area contributed by atoms with Crippen molar-refractivity contribution in [1.82, 2.24) is 14.8 Å². The Hall–Kier alpha value is -3.15. The van der Waals surface area contributed by atoms with Gasteiger partial charge in [0, 0.05) is 40.8 Å². The number of carbonyl (C=O) groups excluding carboxylic acids is 1. The van der Waals surface area contributed by atoms with Gasteiger partial charge < -0.3 is 19.9 Å². The minimum Gasteiger partial charge on any atom is -0.390 e. The molecule has 1 aliphatic rings. The lowest BCUT2D eigenvalue weighted by Gasteiger charge is -2.32. The van der Waals surface area contributed by atoms with E-state index in [1.807, 2.05) is 30.3 Å². The van der Waals surface area contributed by atoms with Crippen molar-refractivity contribution in [3.63, 3.8) is 0 Å². The summed E-state index contributed by atoms with van der Waals surface area (Å²) >= 11 is 0. The van der Waals surface area contributed by atoms with Crippen LogP contribution in [-0.4, -0.2) is 46.2 Å². The molecule has 170 valence electrons. The fourth-order valence-electron chi connectivity index (χ4n) is 5.07. The molecule has 0 aliphatic carbocycles. The Labute approximate surface area is 194 Å². The second-order valence-electron chi connectivity index (χ2n) is 9.08. The van der Waals surface area contributed by atoms with Gasteiger partial charge in [-0.1, -0.05) is 66.7 Å². The van der Waals surface area contributed by atoms with Crippen LogP contribution in [0.5, 0.6) is 0 Å². The predicted octanol–water partition coefficient (Wildman–Crippen LogP) is 4.18. The zero-order valence-electron chi connectivity index (χ0n) is 18.9. The van der Waals surface area contributed by atoms with Crippen molar-refractivity contribution in [2.75, 3.05) is 19.6 Å². The zero-order valence-corrected chi connectivity index (χ0v) is 18.9. The maximum Gasteiger partial charge on any atom is 0.223 e. The van der Waals surface area contributed by atoms with Gasteiger partial charge in [0.05, 0.1) is 12.6 Å². The quantitative estimate of drug-likeness (QED) is 0.452. The molecule has 1 atom stereocenters. The molecule has 4 aromatic rings. The molecule has 0 radical (unpaired) electrons. The molecule has 1 aromatic heterocycles. The lowest BCUT2D eigenvalue weighted by molar-refractivity contribution is -0.126. The number of likely N-dealkylation sites (tertiary alicyclic amines) is 1. The lowest BCUT2D eigenvalue weighted by Crippen LogP contribution is -2.43. The third-order valence-corrected chi connectivity index (χ3v) is 6.81. The van der Waals surface area contributed by atoms with Crippen LogP contribution in [0.1, 0.15) is 18.4 Å². The van der Waals surface area contributed by atoms with E-state index in [1.54, 1.807) is 0 Å². The Bertz CT molecular complexity index is 1170. The highest BCUT2D eigenvalue weighted by Crippen LogP contribution is 2.29. The Morgan fingerprint density at radius 2 is 1.42 bits per heavy atom. The van der Waals surface area contributed by atoms with E-state index < -0.39 is 6.10 Å². The number of aliphatic hydroxyl groups excluding tert-OH is 1. The van der Waals surface area contributed by atoms with E-state index in [1.165, 1.54) is 10.8 Å². The smallest absolute Gasteiger partial charge is 0.223 e. The first kappa shape index (κ1) is 21.7. The summed E-state index contributed by atoms with van der Waals surface area (Å²) in [6.45, 7) is 3.45. The summed E-state index contributed by atoms with van der Waals surface area (Å²) in [6, 6.07) is 26.8. The van der Waals surface area contributed by atoms with E-state index in [4.69, 9.17) is 0 Å². The highest BCUT2D eigenvalue weighted by atomic mass is 16.3. The number of aromatic nitrogens is 1. The first-order valence-electron chi connectivity index (χ1n) is 11.9. The van der Waals surface area contributed by atoms with Crippen molar-refractivity contribution in [2.45, 2.75) is 32.0 Å². The molecule has 0 spiro atoms. The first-order valence-corrected chi connectivity index (χ1v) is 11.9. The van der Waals surface area contributed by atoms with Crippen LogP contribution in [0, 0.1) is 5.92 Å². The number of nitrogens with one attached hydrogen (secondary N) is 1. The third-order valence-electron chi connectivity index (χ3n) is 6.81. The number of carbonyl (C=O) groups is 1. The molecule has 5 nitrogen and oxygen atoms in total. The van der Waals surface area contributed by atoms with Crippen molar-refractivity contribution < 1.29 is 9.90 Å². The summed E-state index contributed by atoms with van der Waals surface area (Å²) in [7, 11) is 0. The number of para-hydroxylation sites is 2. The van der Waals surface area contributed by atoms with Gasteiger partial charge in [-0.2, -0.15) is 0 Å². The number of hydrogen-bond acceptors (Lipinski definition) is 3. The Kier molecular flexibility index (Phi) is 6.42. The number of nitrogens with zero attached hydrogens (tertiary/aromatic N) is 2. The minimum absolute atomic E-state index is 0.0550. The van der Waals surface area contributed by atoms with Gasteiger partial charge in [-0.15, -0.1) is 0 Å². The van der Waals surface area contributed by atoms with E-state index in [0.29, 0.717) is 19.6 Å². The molecule has 1 fully saturated rings. The van der Waals surface area contributed by atoms with Gasteiger partial charge in [-0.3, -0.25) is 4.79 Å². The molecule has 0 saturated carbocycles. The molecule has 3 aromatic carbocycles. The molecule has 1 saturated heterocycles. The maximum absolute atomic E-state index is 12.6. The largest absolute Gasteiger partial charge is 0.390 e. The Morgan fingerprint density at radius 3 is 2.06 bits per heavy atom. The zero-order chi connectivity index (χ0) is 22.6. The summed E-state index contributed by atoms with van der Waals surface area (Å²) in [4.78, 5) is 14.9. The summed E-state index contributed by atoms with van der Waals surface area (Å²) in [5.74, 6) is 0.198. The van der Waals surface area contributed by atoms with Crippen LogP contribution in [0.15, 0.2) is 78.9 Å². The lowest BCUT2D eigenvalue weighted by atomic mass is 9.95. The van der Waals surface area contributed by atoms with Gasteiger partial charge in [-0.25, -0.2) is 0 Å². The second kappa shape index (κ2) is 9.77. The third kappa shape index (κ3) is 4.80. The average Bonchev–Trinajstić information content (AvgIpc) is 3.17. The summed E-state index contributed by atoms with van der Waals surface area (Å²) < 4.78 is 2.24. The molecule has 2 heterocycles. The van der Waals surface area contributed by atoms with Crippen LogP contribution >= 0.6 is 0 Å². The average molecular weight is 442 g/mol. The van der Waals surface area contributed by atoms with Gasteiger partial charge in [-0.05, 0) is 43.6 Å². The SMILES string of the molecule is O=C(NCc1ccccc1)C1CCN(CC(O)Cn2c3ccccc3c3ccccc32)CC1. The summed E-state index contributed by atoms with van der Waals surface area (Å²) in [5.41, 5.74) is 3.44. The molecule has 1 amide bonds. The van der Waals surface area contributed by atoms with Crippen LogP contribution in [0.3, 0.4) is 0 Å². The number of β-amino-alcohol motifs (C(OH)–C–C–N with tert-alkyl or cyclic N) is 1. The Balaban J connectivity index is 1.16. The van der Waals surface area contributed by atoms with Crippen molar-refractivity contribution in [3.8, 4) is 0 Å². The summed E-state index contributed by atoms with van der Waals surface area (Å²) in [6.07, 6.45) is 1.21. The van der Waals surface area contributed by atoms with Gasteiger partial charge >= 0.3 is 0 Å². The van der Waals surface area contributed by atoms with E-state index in [0.717, 1.165) is 42.5 Å². The summed E-state index contributed by atoms with van der Waals surface area (Å²) in [5, 5.41) is 16.5. The van der Waals surface area contributed by atoms with Gasteiger partial charge in [0.1, 0.15) is 0 Å². The molecule has 1 unspecified atom stereocenters. The van der Waals surface area contributed by atoms with E-state index in [2.05, 4.69) is 63.3 Å². The van der Waals surface area contributed by atoms with Crippen LogP contribution in [0.2, 0.25) is 0 Å². The van der Waals surface area contributed by atoms with Crippen molar-refractivity contribution in [3.05, 3.63) is 84.4 Å². The topological polar surface area (TPSA) is 57.5 Å².